The normalized spacial score (nSPS) is 20.1. The summed E-state index contributed by atoms with van der Waals surface area (Å²) in [5, 5.41) is 13.0. The third kappa shape index (κ3) is 4.50. The first kappa shape index (κ1) is 24.4. The van der Waals surface area contributed by atoms with Crippen molar-refractivity contribution in [2.24, 2.45) is 11.7 Å². The molecule has 1 heterocycles. The summed E-state index contributed by atoms with van der Waals surface area (Å²) in [4.78, 5) is 32.4. The molecule has 0 radical (unpaired) electrons. The SMILES string of the molecule is Cc1ccc(C(O)(C(N)=O)C(F)(F)F)cc1-c1cnc(N)c(C2CC(C(=O)NC(C)C)C2)n1. The van der Waals surface area contributed by atoms with Gasteiger partial charge in [-0.15, -0.1) is 0 Å². The number of aryl methyl sites for hydroxylation is 1. The zero-order chi connectivity index (χ0) is 24.7. The Morgan fingerprint density at radius 3 is 2.42 bits per heavy atom. The second kappa shape index (κ2) is 8.62. The number of nitrogens with two attached hydrogens (primary N) is 2. The monoisotopic (exact) mass is 465 g/mol. The summed E-state index contributed by atoms with van der Waals surface area (Å²) < 4.78 is 40.5. The van der Waals surface area contributed by atoms with Crippen molar-refractivity contribution in [1.29, 1.82) is 0 Å². The van der Waals surface area contributed by atoms with Crippen LogP contribution in [0.4, 0.5) is 19.0 Å². The van der Waals surface area contributed by atoms with Gasteiger partial charge < -0.3 is 21.9 Å². The van der Waals surface area contributed by atoms with E-state index >= 15 is 0 Å². The highest BCUT2D eigenvalue weighted by Crippen LogP contribution is 2.44. The molecule has 2 amide bonds. The summed E-state index contributed by atoms with van der Waals surface area (Å²) in [6.07, 6.45) is -2.96. The van der Waals surface area contributed by atoms with Crippen LogP contribution in [0.25, 0.3) is 11.3 Å². The van der Waals surface area contributed by atoms with Gasteiger partial charge in [0.1, 0.15) is 5.82 Å². The third-order valence-electron chi connectivity index (χ3n) is 5.85. The molecule has 0 saturated heterocycles. The lowest BCUT2D eigenvalue weighted by atomic mass is 9.72. The molecule has 0 bridgehead atoms. The molecule has 0 spiro atoms. The first-order valence-corrected chi connectivity index (χ1v) is 10.4. The first-order chi connectivity index (χ1) is 15.3. The molecule has 0 aliphatic heterocycles. The molecule has 33 heavy (non-hydrogen) atoms. The van der Waals surface area contributed by atoms with Crippen LogP contribution in [0.1, 0.15) is 49.4 Å². The number of aromatic nitrogens is 2. The van der Waals surface area contributed by atoms with E-state index in [0.29, 0.717) is 24.1 Å². The van der Waals surface area contributed by atoms with Crippen molar-refractivity contribution in [2.45, 2.75) is 57.3 Å². The number of primary amides is 1. The van der Waals surface area contributed by atoms with Crippen molar-refractivity contribution >= 4 is 17.6 Å². The minimum Gasteiger partial charge on any atom is -0.382 e. The van der Waals surface area contributed by atoms with Crippen molar-refractivity contribution in [2.75, 3.05) is 5.73 Å². The van der Waals surface area contributed by atoms with Crippen LogP contribution >= 0.6 is 0 Å². The molecular weight excluding hydrogens is 439 g/mol. The number of alkyl halides is 3. The molecule has 11 heteroatoms. The van der Waals surface area contributed by atoms with Crippen molar-refractivity contribution in [1.82, 2.24) is 15.3 Å². The van der Waals surface area contributed by atoms with Crippen LogP contribution in [0, 0.1) is 12.8 Å². The molecule has 3 rings (SSSR count). The van der Waals surface area contributed by atoms with E-state index in [2.05, 4.69) is 15.3 Å². The highest BCUT2D eigenvalue weighted by atomic mass is 19.4. The van der Waals surface area contributed by atoms with Crippen LogP contribution in [-0.4, -0.2) is 39.1 Å². The summed E-state index contributed by atoms with van der Waals surface area (Å²) in [6, 6.07) is 3.37. The maximum absolute atomic E-state index is 13.5. The smallest absolute Gasteiger partial charge is 0.382 e. The minimum absolute atomic E-state index is 0.0238. The average molecular weight is 465 g/mol. The number of anilines is 1. The lowest BCUT2D eigenvalue weighted by Gasteiger charge is -2.34. The lowest BCUT2D eigenvalue weighted by molar-refractivity contribution is -0.255. The Balaban J connectivity index is 1.95. The molecule has 1 aromatic heterocycles. The van der Waals surface area contributed by atoms with Crippen molar-refractivity contribution in [3.05, 3.63) is 41.2 Å². The third-order valence-corrected chi connectivity index (χ3v) is 5.85. The fourth-order valence-corrected chi connectivity index (χ4v) is 3.87. The van der Waals surface area contributed by atoms with Crippen molar-refractivity contribution < 1.29 is 27.9 Å². The number of nitrogen functional groups attached to an aromatic ring is 1. The molecule has 1 aliphatic carbocycles. The number of rotatable bonds is 6. The van der Waals surface area contributed by atoms with Gasteiger partial charge in [-0.25, -0.2) is 9.97 Å². The van der Waals surface area contributed by atoms with E-state index in [1.54, 1.807) is 6.92 Å². The summed E-state index contributed by atoms with van der Waals surface area (Å²) in [5.41, 5.74) is 7.77. The molecule has 8 nitrogen and oxygen atoms in total. The lowest BCUT2D eigenvalue weighted by Crippen LogP contribution is -2.52. The van der Waals surface area contributed by atoms with Gasteiger partial charge in [0.05, 0.1) is 17.6 Å². The Labute approximate surface area is 188 Å². The van der Waals surface area contributed by atoms with E-state index < -0.39 is 23.2 Å². The highest BCUT2D eigenvalue weighted by Gasteiger charge is 2.60. The molecule has 1 aromatic carbocycles. The molecule has 178 valence electrons. The Morgan fingerprint density at radius 1 is 1.24 bits per heavy atom. The number of hydrogen-bond acceptors (Lipinski definition) is 6. The number of nitrogens with zero attached hydrogens (tertiary/aromatic N) is 2. The molecule has 1 atom stereocenters. The van der Waals surface area contributed by atoms with E-state index in [4.69, 9.17) is 11.5 Å². The van der Waals surface area contributed by atoms with Gasteiger partial charge in [-0.2, -0.15) is 13.2 Å². The largest absolute Gasteiger partial charge is 0.430 e. The fraction of sp³-hybridized carbons (Fsp3) is 0.455. The second-order valence-electron chi connectivity index (χ2n) is 8.66. The minimum atomic E-state index is -5.32. The number of carbonyl (C=O) groups is 2. The fourth-order valence-electron chi connectivity index (χ4n) is 3.87. The maximum Gasteiger partial charge on any atom is 0.430 e. The number of carbonyl (C=O) groups excluding carboxylic acids is 2. The van der Waals surface area contributed by atoms with Crippen LogP contribution in [-0.2, 0) is 15.2 Å². The van der Waals surface area contributed by atoms with Crippen LogP contribution in [0.5, 0.6) is 0 Å². The zero-order valence-corrected chi connectivity index (χ0v) is 18.4. The van der Waals surface area contributed by atoms with Gasteiger partial charge in [0.15, 0.2) is 0 Å². The predicted octanol–water partition coefficient (Wildman–Crippen LogP) is 2.29. The van der Waals surface area contributed by atoms with Crippen LogP contribution < -0.4 is 16.8 Å². The van der Waals surface area contributed by atoms with Gasteiger partial charge in [-0.3, -0.25) is 9.59 Å². The maximum atomic E-state index is 13.5. The summed E-state index contributed by atoms with van der Waals surface area (Å²) in [5.74, 6) is -2.12. The topological polar surface area (TPSA) is 144 Å². The predicted molar refractivity (Wildman–Crippen MR) is 115 cm³/mol. The Kier molecular flexibility index (Phi) is 6.38. The summed E-state index contributed by atoms with van der Waals surface area (Å²) >= 11 is 0. The number of aliphatic hydroxyl groups is 1. The van der Waals surface area contributed by atoms with E-state index in [1.807, 2.05) is 13.8 Å². The van der Waals surface area contributed by atoms with Crippen molar-refractivity contribution in [3.63, 3.8) is 0 Å². The van der Waals surface area contributed by atoms with Crippen LogP contribution in [0.15, 0.2) is 24.4 Å². The zero-order valence-electron chi connectivity index (χ0n) is 18.4. The van der Waals surface area contributed by atoms with E-state index in [0.717, 1.165) is 12.1 Å². The van der Waals surface area contributed by atoms with Crippen molar-refractivity contribution in [3.8, 4) is 11.3 Å². The standard InChI is InChI=1S/C22H26F3N5O3/c1-10(2)29-19(31)13-6-12(7-13)17-18(26)28-9-16(30-17)15-8-14(5-4-11(15)3)21(33,20(27)32)22(23,24)25/h4-5,8-10,12-13,33H,6-7H2,1-3H3,(H2,26,28)(H2,27,32)(H,29,31). The van der Waals surface area contributed by atoms with Gasteiger partial charge in [0, 0.05) is 29.0 Å². The van der Waals surface area contributed by atoms with Crippen LogP contribution in [0.3, 0.4) is 0 Å². The molecular formula is C22H26F3N5O3. The molecule has 1 saturated carbocycles. The van der Waals surface area contributed by atoms with Gasteiger partial charge in [-0.1, -0.05) is 12.1 Å². The quantitative estimate of drug-likeness (QED) is 0.515. The highest BCUT2D eigenvalue weighted by molar-refractivity contribution is 5.86. The van der Waals surface area contributed by atoms with Crippen LogP contribution in [0.2, 0.25) is 0 Å². The number of hydrogen-bond donors (Lipinski definition) is 4. The molecule has 1 unspecified atom stereocenters. The van der Waals surface area contributed by atoms with E-state index in [1.165, 1.54) is 12.3 Å². The Hall–Kier alpha value is -3.21. The van der Waals surface area contributed by atoms with E-state index in [-0.39, 0.29) is 40.9 Å². The average Bonchev–Trinajstić information content (AvgIpc) is 2.66. The van der Waals surface area contributed by atoms with Gasteiger partial charge >= 0.3 is 6.18 Å². The number of nitrogens with one attached hydrogen (secondary N) is 1. The number of amides is 2. The molecule has 1 aliphatic rings. The first-order valence-electron chi connectivity index (χ1n) is 10.4. The number of halogens is 3. The summed E-state index contributed by atoms with van der Waals surface area (Å²) in [7, 11) is 0. The molecule has 1 fully saturated rings. The molecule has 6 N–H and O–H groups in total. The Morgan fingerprint density at radius 2 is 1.88 bits per heavy atom. The number of benzene rings is 1. The van der Waals surface area contributed by atoms with Gasteiger partial charge in [-0.05, 0) is 45.2 Å². The van der Waals surface area contributed by atoms with Gasteiger partial charge in [0.2, 0.25) is 5.91 Å². The van der Waals surface area contributed by atoms with Gasteiger partial charge in [0.25, 0.3) is 11.5 Å². The second-order valence-corrected chi connectivity index (χ2v) is 8.66. The Bertz CT molecular complexity index is 1080. The van der Waals surface area contributed by atoms with E-state index in [9.17, 15) is 27.9 Å². The molecule has 2 aromatic rings. The summed E-state index contributed by atoms with van der Waals surface area (Å²) in [6.45, 7) is 5.38.